The molecule has 1 aliphatic rings. The second-order valence-corrected chi connectivity index (χ2v) is 6.22. The Morgan fingerprint density at radius 1 is 1.24 bits per heavy atom. The number of halogens is 2. The summed E-state index contributed by atoms with van der Waals surface area (Å²) < 4.78 is 19.5. The maximum Gasteiger partial charge on any atom is 0.223 e. The molecule has 1 atom stereocenters. The number of nitrogens with zero attached hydrogens (tertiary/aromatic N) is 1. The van der Waals surface area contributed by atoms with Gasteiger partial charge in [-0.2, -0.15) is 0 Å². The molecular formula is C19H24ClFN2O2. The Kier molecular flexibility index (Phi) is 7.02. The molecular weight excluding hydrogens is 343 g/mol. The van der Waals surface area contributed by atoms with Gasteiger partial charge in [0, 0.05) is 32.0 Å². The van der Waals surface area contributed by atoms with Gasteiger partial charge < -0.3 is 15.1 Å². The molecule has 0 radical (unpaired) electrons. The van der Waals surface area contributed by atoms with Crippen molar-refractivity contribution in [1.29, 1.82) is 0 Å². The van der Waals surface area contributed by atoms with Crippen LogP contribution in [0.3, 0.4) is 0 Å². The molecule has 0 aliphatic carbocycles. The van der Waals surface area contributed by atoms with Crippen LogP contribution in [0.15, 0.2) is 40.8 Å². The third-order valence-corrected chi connectivity index (χ3v) is 4.61. The molecule has 25 heavy (non-hydrogen) atoms. The normalized spacial score (nSPS) is 17.2. The monoisotopic (exact) mass is 366 g/mol. The first-order chi connectivity index (χ1) is 11.7. The predicted octanol–water partition coefficient (Wildman–Crippen LogP) is 3.78. The van der Waals surface area contributed by atoms with E-state index < -0.39 is 0 Å². The molecule has 6 heteroatoms. The van der Waals surface area contributed by atoms with Crippen LogP contribution in [0.1, 0.15) is 31.4 Å². The van der Waals surface area contributed by atoms with Crippen LogP contribution < -0.4 is 5.73 Å². The number of aryl methyl sites for hydroxylation is 1. The fourth-order valence-corrected chi connectivity index (χ4v) is 3.27. The smallest absolute Gasteiger partial charge is 0.223 e. The van der Waals surface area contributed by atoms with E-state index in [-0.39, 0.29) is 30.2 Å². The van der Waals surface area contributed by atoms with Crippen LogP contribution in [0.4, 0.5) is 4.39 Å². The summed E-state index contributed by atoms with van der Waals surface area (Å²) in [6.45, 7) is 1.31. The van der Waals surface area contributed by atoms with E-state index in [1.807, 2.05) is 11.0 Å². The van der Waals surface area contributed by atoms with Crippen LogP contribution in [0, 0.1) is 5.82 Å². The summed E-state index contributed by atoms with van der Waals surface area (Å²) in [6.07, 6.45) is 4.07. The van der Waals surface area contributed by atoms with Crippen molar-refractivity contribution in [2.75, 3.05) is 13.1 Å². The van der Waals surface area contributed by atoms with Gasteiger partial charge in [-0.05, 0) is 43.5 Å². The van der Waals surface area contributed by atoms with Crippen molar-refractivity contribution in [1.82, 2.24) is 4.90 Å². The number of hydrogen-bond donors (Lipinski definition) is 1. The van der Waals surface area contributed by atoms with Gasteiger partial charge in [-0.15, -0.1) is 12.4 Å². The first kappa shape index (κ1) is 19.5. The predicted molar refractivity (Wildman–Crippen MR) is 98.1 cm³/mol. The first-order valence-corrected chi connectivity index (χ1v) is 8.52. The summed E-state index contributed by atoms with van der Waals surface area (Å²) in [6, 6.07) is 10.2. The summed E-state index contributed by atoms with van der Waals surface area (Å²) in [5.41, 5.74) is 6.21. The molecule has 4 nitrogen and oxygen atoms in total. The average molecular weight is 367 g/mol. The summed E-state index contributed by atoms with van der Waals surface area (Å²) in [5.74, 6) is 0.999. The van der Waals surface area contributed by atoms with Crippen LogP contribution in [0.5, 0.6) is 0 Å². The number of carbonyl (C=O) groups is 1. The molecule has 3 rings (SSSR count). The van der Waals surface area contributed by atoms with Gasteiger partial charge in [0.1, 0.15) is 17.3 Å². The standard InChI is InChI=1S/C19H23FN2O2.ClH/c20-17-7-2-1-6-16(17)18-10-8-15(24-18)9-11-19(23)22-12-4-3-5-14(22)13-21;/h1-2,6-8,10,14H,3-5,9,11-13,21H2;1H. The van der Waals surface area contributed by atoms with E-state index in [1.54, 1.807) is 24.3 Å². The van der Waals surface area contributed by atoms with Gasteiger partial charge in [-0.1, -0.05) is 12.1 Å². The Morgan fingerprint density at radius 2 is 2.04 bits per heavy atom. The van der Waals surface area contributed by atoms with Crippen LogP contribution in [0.2, 0.25) is 0 Å². The molecule has 0 bridgehead atoms. The van der Waals surface area contributed by atoms with E-state index in [1.165, 1.54) is 6.07 Å². The Morgan fingerprint density at radius 3 is 2.80 bits per heavy atom. The molecule has 136 valence electrons. The minimum Gasteiger partial charge on any atom is -0.461 e. The second kappa shape index (κ2) is 9.02. The minimum atomic E-state index is -0.311. The Bertz CT molecular complexity index is 704. The van der Waals surface area contributed by atoms with Crippen LogP contribution >= 0.6 is 12.4 Å². The number of nitrogens with two attached hydrogens (primary N) is 1. The third-order valence-electron chi connectivity index (χ3n) is 4.61. The fraction of sp³-hybridized carbons (Fsp3) is 0.421. The lowest BCUT2D eigenvalue weighted by Gasteiger charge is -2.35. The summed E-state index contributed by atoms with van der Waals surface area (Å²) in [4.78, 5) is 14.3. The molecule has 2 N–H and O–H groups in total. The molecule has 2 heterocycles. The summed E-state index contributed by atoms with van der Waals surface area (Å²) >= 11 is 0. The molecule has 1 unspecified atom stereocenters. The topological polar surface area (TPSA) is 59.5 Å². The van der Waals surface area contributed by atoms with Crippen molar-refractivity contribution >= 4 is 18.3 Å². The molecule has 1 fully saturated rings. The first-order valence-electron chi connectivity index (χ1n) is 8.52. The van der Waals surface area contributed by atoms with E-state index in [0.29, 0.717) is 36.5 Å². The molecule has 1 amide bonds. The van der Waals surface area contributed by atoms with Crippen molar-refractivity contribution in [3.8, 4) is 11.3 Å². The Balaban J connectivity index is 0.00000225. The number of rotatable bonds is 5. The van der Waals surface area contributed by atoms with Crippen molar-refractivity contribution < 1.29 is 13.6 Å². The van der Waals surface area contributed by atoms with Gasteiger partial charge in [-0.25, -0.2) is 4.39 Å². The number of benzene rings is 1. The Hall–Kier alpha value is -1.85. The van der Waals surface area contributed by atoms with Gasteiger partial charge in [0.15, 0.2) is 0 Å². The average Bonchev–Trinajstić information content (AvgIpc) is 3.08. The van der Waals surface area contributed by atoms with Gasteiger partial charge in [0.25, 0.3) is 0 Å². The number of carbonyl (C=O) groups excluding carboxylic acids is 1. The van der Waals surface area contributed by atoms with E-state index >= 15 is 0 Å². The number of piperidine rings is 1. The highest BCUT2D eigenvalue weighted by atomic mass is 35.5. The summed E-state index contributed by atoms with van der Waals surface area (Å²) in [5, 5.41) is 0. The quantitative estimate of drug-likeness (QED) is 0.876. The molecule has 1 saturated heterocycles. The van der Waals surface area contributed by atoms with Crippen molar-refractivity contribution in [3.63, 3.8) is 0 Å². The van der Waals surface area contributed by atoms with Gasteiger partial charge in [0.2, 0.25) is 5.91 Å². The minimum absolute atomic E-state index is 0. The zero-order chi connectivity index (χ0) is 16.9. The lowest BCUT2D eigenvalue weighted by atomic mass is 10.0. The van der Waals surface area contributed by atoms with Crippen molar-refractivity contribution in [2.24, 2.45) is 5.73 Å². The third kappa shape index (κ3) is 4.61. The van der Waals surface area contributed by atoms with Crippen LogP contribution in [-0.4, -0.2) is 29.9 Å². The zero-order valence-corrected chi connectivity index (χ0v) is 14.9. The second-order valence-electron chi connectivity index (χ2n) is 6.22. The van der Waals surface area contributed by atoms with E-state index in [2.05, 4.69) is 0 Å². The lowest BCUT2D eigenvalue weighted by Crippen LogP contribution is -2.47. The highest BCUT2D eigenvalue weighted by molar-refractivity contribution is 5.85. The van der Waals surface area contributed by atoms with E-state index in [0.717, 1.165) is 25.8 Å². The number of hydrogen-bond acceptors (Lipinski definition) is 3. The van der Waals surface area contributed by atoms with Crippen LogP contribution in [-0.2, 0) is 11.2 Å². The molecule has 1 aromatic carbocycles. The largest absolute Gasteiger partial charge is 0.461 e. The Labute approximate surface area is 153 Å². The van der Waals surface area contributed by atoms with Crippen LogP contribution in [0.25, 0.3) is 11.3 Å². The van der Waals surface area contributed by atoms with E-state index in [4.69, 9.17) is 10.2 Å². The molecule has 1 aromatic heterocycles. The SMILES string of the molecule is Cl.NCC1CCCCN1C(=O)CCc1ccc(-c2ccccc2F)o1. The zero-order valence-electron chi connectivity index (χ0n) is 14.1. The van der Waals surface area contributed by atoms with Crippen molar-refractivity contribution in [2.45, 2.75) is 38.1 Å². The fourth-order valence-electron chi connectivity index (χ4n) is 3.27. The lowest BCUT2D eigenvalue weighted by molar-refractivity contribution is -0.134. The number of likely N-dealkylation sites (tertiary alicyclic amines) is 1. The maximum atomic E-state index is 13.8. The molecule has 0 spiro atoms. The van der Waals surface area contributed by atoms with Crippen molar-refractivity contribution in [3.05, 3.63) is 48.0 Å². The summed E-state index contributed by atoms with van der Waals surface area (Å²) in [7, 11) is 0. The molecule has 1 aliphatic heterocycles. The molecule has 0 saturated carbocycles. The number of furan rings is 1. The number of amides is 1. The van der Waals surface area contributed by atoms with Gasteiger partial charge in [0.05, 0.1) is 5.56 Å². The van der Waals surface area contributed by atoms with E-state index in [9.17, 15) is 9.18 Å². The van der Waals surface area contributed by atoms with Gasteiger partial charge >= 0.3 is 0 Å². The highest BCUT2D eigenvalue weighted by Gasteiger charge is 2.25. The van der Waals surface area contributed by atoms with Gasteiger partial charge in [-0.3, -0.25) is 4.79 Å². The molecule has 2 aromatic rings. The maximum absolute atomic E-state index is 13.8. The highest BCUT2D eigenvalue weighted by Crippen LogP contribution is 2.25.